The Morgan fingerprint density at radius 3 is 2.91 bits per heavy atom. The summed E-state index contributed by atoms with van der Waals surface area (Å²) in [4.78, 5) is 3.95. The Morgan fingerprint density at radius 2 is 2.36 bits per heavy atom. The van der Waals surface area contributed by atoms with E-state index < -0.39 is 0 Å². The van der Waals surface area contributed by atoms with Crippen LogP contribution < -0.4 is 5.73 Å². The van der Waals surface area contributed by atoms with Crippen LogP contribution in [0.4, 0.5) is 5.69 Å². The van der Waals surface area contributed by atoms with Crippen molar-refractivity contribution in [3.63, 3.8) is 0 Å². The summed E-state index contributed by atoms with van der Waals surface area (Å²) < 4.78 is 0.693. The number of rotatable bonds is 1. The molecule has 1 rings (SSSR count). The summed E-state index contributed by atoms with van der Waals surface area (Å²) in [5.41, 5.74) is 7.43. The summed E-state index contributed by atoms with van der Waals surface area (Å²) in [5, 5.41) is 0.416. The number of nitrogens with two attached hydrogens (primary N) is 1. The van der Waals surface area contributed by atoms with Gasteiger partial charge in [0.05, 0.1) is 10.2 Å². The Kier molecular flexibility index (Phi) is 2.73. The van der Waals surface area contributed by atoms with Crippen LogP contribution in [0.5, 0.6) is 0 Å². The van der Waals surface area contributed by atoms with E-state index in [9.17, 15) is 0 Å². The first-order valence-corrected chi connectivity index (χ1v) is 4.42. The summed E-state index contributed by atoms with van der Waals surface area (Å²) in [6.07, 6.45) is 2.57. The Balaban J connectivity index is 3.25. The van der Waals surface area contributed by atoms with Gasteiger partial charge >= 0.3 is 0 Å². The van der Waals surface area contributed by atoms with Gasteiger partial charge in [0.25, 0.3) is 0 Å². The molecule has 0 aliphatic carbocycles. The van der Waals surface area contributed by atoms with Crippen molar-refractivity contribution in [2.45, 2.75) is 13.3 Å². The molecule has 2 N–H and O–H groups in total. The third-order valence-electron chi connectivity index (χ3n) is 1.48. The second kappa shape index (κ2) is 3.41. The molecular weight excluding hydrogens is 227 g/mol. The van der Waals surface area contributed by atoms with Crippen LogP contribution in [0.1, 0.15) is 12.5 Å². The molecule has 0 saturated heterocycles. The highest BCUT2D eigenvalue weighted by Crippen LogP contribution is 2.28. The van der Waals surface area contributed by atoms with Crippen molar-refractivity contribution in [1.82, 2.24) is 4.98 Å². The third-order valence-corrected chi connectivity index (χ3v) is 2.80. The van der Waals surface area contributed by atoms with Gasteiger partial charge in [-0.1, -0.05) is 18.5 Å². The van der Waals surface area contributed by atoms with Gasteiger partial charge in [0.1, 0.15) is 5.15 Å². The monoisotopic (exact) mass is 234 g/mol. The molecule has 60 valence electrons. The highest BCUT2D eigenvalue weighted by Gasteiger charge is 2.05. The maximum absolute atomic E-state index is 5.72. The largest absolute Gasteiger partial charge is 0.397 e. The molecule has 2 nitrogen and oxygen atoms in total. The van der Waals surface area contributed by atoms with Crippen molar-refractivity contribution in [3.05, 3.63) is 21.4 Å². The van der Waals surface area contributed by atoms with Crippen LogP contribution in [0.3, 0.4) is 0 Å². The molecular formula is C7H8BrClN2. The molecule has 0 aliphatic rings. The van der Waals surface area contributed by atoms with E-state index in [1.54, 1.807) is 6.20 Å². The van der Waals surface area contributed by atoms with Gasteiger partial charge in [-0.25, -0.2) is 4.98 Å². The number of aryl methyl sites for hydroxylation is 1. The van der Waals surface area contributed by atoms with Crippen LogP contribution in [0.15, 0.2) is 10.7 Å². The average molecular weight is 236 g/mol. The summed E-state index contributed by atoms with van der Waals surface area (Å²) in [5.74, 6) is 0. The molecule has 0 fully saturated rings. The minimum Gasteiger partial charge on any atom is -0.397 e. The van der Waals surface area contributed by atoms with Gasteiger partial charge in [-0.15, -0.1) is 0 Å². The summed E-state index contributed by atoms with van der Waals surface area (Å²) in [6, 6.07) is 0. The molecule has 0 aliphatic heterocycles. The van der Waals surface area contributed by atoms with E-state index in [1.807, 2.05) is 6.92 Å². The normalized spacial score (nSPS) is 10.1. The standard InChI is InChI=1S/C7H8BrClN2/c1-2-4-3-11-7(9)5(8)6(4)10/h3H,2H2,1H3,(H2,10,11). The molecule has 0 radical (unpaired) electrons. The molecule has 0 aromatic carbocycles. The quantitative estimate of drug-likeness (QED) is 0.760. The van der Waals surface area contributed by atoms with Crippen molar-refractivity contribution >= 4 is 33.2 Å². The lowest BCUT2D eigenvalue weighted by Gasteiger charge is -2.04. The van der Waals surface area contributed by atoms with Gasteiger partial charge in [-0.05, 0) is 27.9 Å². The van der Waals surface area contributed by atoms with Gasteiger partial charge in [0, 0.05) is 6.20 Å². The minimum atomic E-state index is 0.416. The molecule has 11 heavy (non-hydrogen) atoms. The maximum Gasteiger partial charge on any atom is 0.145 e. The molecule has 0 amide bonds. The topological polar surface area (TPSA) is 38.9 Å². The first-order valence-electron chi connectivity index (χ1n) is 3.25. The Bertz CT molecular complexity index is 275. The lowest BCUT2D eigenvalue weighted by molar-refractivity contribution is 1.10. The first-order chi connectivity index (χ1) is 5.16. The van der Waals surface area contributed by atoms with Gasteiger partial charge in [0.2, 0.25) is 0 Å². The summed E-state index contributed by atoms with van der Waals surface area (Å²) in [6.45, 7) is 2.02. The molecule has 1 heterocycles. The van der Waals surface area contributed by atoms with E-state index in [-0.39, 0.29) is 0 Å². The fraction of sp³-hybridized carbons (Fsp3) is 0.286. The van der Waals surface area contributed by atoms with E-state index in [4.69, 9.17) is 17.3 Å². The van der Waals surface area contributed by atoms with Crippen LogP contribution >= 0.6 is 27.5 Å². The van der Waals surface area contributed by atoms with Crippen molar-refractivity contribution in [1.29, 1.82) is 0 Å². The van der Waals surface area contributed by atoms with Crippen molar-refractivity contribution < 1.29 is 0 Å². The van der Waals surface area contributed by atoms with Gasteiger partial charge < -0.3 is 5.73 Å². The highest BCUT2D eigenvalue weighted by molar-refractivity contribution is 9.10. The van der Waals surface area contributed by atoms with Crippen LogP contribution in [0.2, 0.25) is 5.15 Å². The molecule has 0 atom stereocenters. The third kappa shape index (κ3) is 1.65. The van der Waals surface area contributed by atoms with Gasteiger partial charge in [-0.3, -0.25) is 0 Å². The minimum absolute atomic E-state index is 0.416. The second-order valence-electron chi connectivity index (χ2n) is 2.16. The fourth-order valence-electron chi connectivity index (χ4n) is 0.795. The van der Waals surface area contributed by atoms with Crippen molar-refractivity contribution in [2.24, 2.45) is 0 Å². The first kappa shape index (κ1) is 8.81. The number of nitrogen functional groups attached to an aromatic ring is 1. The molecule has 1 aromatic rings. The number of halogens is 2. The zero-order valence-electron chi connectivity index (χ0n) is 6.06. The summed E-state index contributed by atoms with van der Waals surface area (Å²) >= 11 is 8.96. The Hall–Kier alpha value is -0.280. The molecule has 0 saturated carbocycles. The van der Waals surface area contributed by atoms with E-state index in [0.29, 0.717) is 15.3 Å². The predicted octanol–water partition coefficient (Wildman–Crippen LogP) is 2.64. The SMILES string of the molecule is CCc1cnc(Cl)c(Br)c1N. The van der Waals surface area contributed by atoms with E-state index in [0.717, 1.165) is 12.0 Å². The Labute approximate surface area is 78.9 Å². The van der Waals surface area contributed by atoms with Crippen LogP contribution in [-0.2, 0) is 6.42 Å². The Morgan fingerprint density at radius 1 is 1.73 bits per heavy atom. The molecule has 0 spiro atoms. The average Bonchev–Trinajstić information content (AvgIpc) is 2.01. The second-order valence-corrected chi connectivity index (χ2v) is 3.31. The summed E-state index contributed by atoms with van der Waals surface area (Å²) in [7, 11) is 0. The molecule has 1 aromatic heterocycles. The molecule has 0 bridgehead atoms. The van der Waals surface area contributed by atoms with Gasteiger partial charge in [0.15, 0.2) is 0 Å². The maximum atomic E-state index is 5.72. The van der Waals surface area contributed by atoms with E-state index in [1.165, 1.54) is 0 Å². The number of hydrogen-bond donors (Lipinski definition) is 1. The van der Waals surface area contributed by atoms with Crippen LogP contribution in [0.25, 0.3) is 0 Å². The van der Waals surface area contributed by atoms with Crippen molar-refractivity contribution in [3.8, 4) is 0 Å². The predicted molar refractivity (Wildman–Crippen MR) is 50.7 cm³/mol. The smallest absolute Gasteiger partial charge is 0.145 e. The van der Waals surface area contributed by atoms with E-state index in [2.05, 4.69) is 20.9 Å². The number of nitrogens with zero attached hydrogens (tertiary/aromatic N) is 1. The zero-order chi connectivity index (χ0) is 8.43. The van der Waals surface area contributed by atoms with Crippen LogP contribution in [0, 0.1) is 0 Å². The van der Waals surface area contributed by atoms with Gasteiger partial charge in [-0.2, -0.15) is 0 Å². The number of aromatic nitrogens is 1. The lowest BCUT2D eigenvalue weighted by atomic mass is 10.2. The molecule has 0 unspecified atom stereocenters. The van der Waals surface area contributed by atoms with Crippen molar-refractivity contribution in [2.75, 3.05) is 5.73 Å². The zero-order valence-corrected chi connectivity index (χ0v) is 8.41. The van der Waals surface area contributed by atoms with E-state index >= 15 is 0 Å². The number of pyridine rings is 1. The lowest BCUT2D eigenvalue weighted by Crippen LogP contribution is -1.96. The fourth-order valence-corrected chi connectivity index (χ4v) is 1.30. The van der Waals surface area contributed by atoms with Crippen LogP contribution in [-0.4, -0.2) is 4.98 Å². The number of anilines is 1. The highest BCUT2D eigenvalue weighted by atomic mass is 79.9. The number of hydrogen-bond acceptors (Lipinski definition) is 2. The molecule has 4 heteroatoms.